The molecule has 140 valence electrons. The molecule has 0 radical (unpaired) electrons. The minimum atomic E-state index is 0.230. The highest BCUT2D eigenvalue weighted by Gasteiger charge is 2.11. The van der Waals surface area contributed by atoms with Gasteiger partial charge >= 0.3 is 0 Å². The molecule has 0 saturated carbocycles. The van der Waals surface area contributed by atoms with Gasteiger partial charge in [0.1, 0.15) is 5.75 Å². The van der Waals surface area contributed by atoms with Gasteiger partial charge in [-0.2, -0.15) is 0 Å². The van der Waals surface area contributed by atoms with Gasteiger partial charge < -0.3 is 10.1 Å². The van der Waals surface area contributed by atoms with Crippen LogP contribution in [0.4, 0.5) is 0 Å². The summed E-state index contributed by atoms with van der Waals surface area (Å²) >= 11 is 0. The van der Waals surface area contributed by atoms with E-state index < -0.39 is 0 Å². The topological polar surface area (TPSA) is 47.0 Å². The van der Waals surface area contributed by atoms with Crippen LogP contribution in [0.3, 0.4) is 0 Å². The Hall–Kier alpha value is -3.24. The van der Waals surface area contributed by atoms with Crippen LogP contribution in [0.2, 0.25) is 0 Å². The fraction of sp³-hybridized carbons (Fsp3) is 0.167. The molecule has 4 aromatic rings. The summed E-state index contributed by atoms with van der Waals surface area (Å²) in [6.07, 6.45) is 5.13. The number of methoxy groups -OCH3 is 1. The largest absolute Gasteiger partial charge is 0.496 e. The normalized spacial score (nSPS) is 12.1. The fourth-order valence-corrected chi connectivity index (χ4v) is 3.51. The van der Waals surface area contributed by atoms with Gasteiger partial charge in [-0.25, -0.2) is 0 Å². The van der Waals surface area contributed by atoms with Crippen LogP contribution < -0.4 is 10.1 Å². The average molecular weight is 369 g/mol. The van der Waals surface area contributed by atoms with Crippen molar-refractivity contribution in [3.63, 3.8) is 0 Å². The zero-order valence-electron chi connectivity index (χ0n) is 16.1. The van der Waals surface area contributed by atoms with Gasteiger partial charge in [0.15, 0.2) is 0 Å². The third-order valence-corrected chi connectivity index (χ3v) is 5.01. The molecule has 4 rings (SSSR count). The van der Waals surface area contributed by atoms with Crippen LogP contribution >= 0.6 is 0 Å². The molecule has 0 saturated heterocycles. The number of fused-ring (bicyclic) bond motifs is 1. The molecule has 0 bridgehead atoms. The van der Waals surface area contributed by atoms with Gasteiger partial charge in [0.05, 0.1) is 19.0 Å². The lowest BCUT2D eigenvalue weighted by atomic mass is 9.99. The van der Waals surface area contributed by atoms with E-state index in [2.05, 4.69) is 76.8 Å². The van der Waals surface area contributed by atoms with E-state index in [1.165, 1.54) is 21.9 Å². The van der Waals surface area contributed by atoms with Gasteiger partial charge in [-0.1, -0.05) is 48.5 Å². The van der Waals surface area contributed by atoms with Crippen LogP contribution in [-0.4, -0.2) is 17.1 Å². The fourth-order valence-electron chi connectivity index (χ4n) is 3.51. The SMILES string of the molecule is COc1ccc(CN[C@H](C)c2cccc3ccccc23)cc1-c1cnccn1. The number of ether oxygens (including phenoxy) is 1. The van der Waals surface area contributed by atoms with Crippen molar-refractivity contribution in [2.45, 2.75) is 19.5 Å². The number of nitrogens with zero attached hydrogens (tertiary/aromatic N) is 2. The summed E-state index contributed by atoms with van der Waals surface area (Å²) in [4.78, 5) is 8.59. The molecule has 4 nitrogen and oxygen atoms in total. The summed E-state index contributed by atoms with van der Waals surface area (Å²) in [5, 5.41) is 6.20. The van der Waals surface area contributed by atoms with Crippen molar-refractivity contribution in [3.8, 4) is 17.0 Å². The second-order valence-electron chi connectivity index (χ2n) is 6.80. The van der Waals surface area contributed by atoms with E-state index in [9.17, 15) is 0 Å². The van der Waals surface area contributed by atoms with E-state index in [4.69, 9.17) is 4.74 Å². The molecule has 1 heterocycles. The van der Waals surface area contributed by atoms with Crippen LogP contribution in [0.5, 0.6) is 5.75 Å². The molecule has 4 heteroatoms. The van der Waals surface area contributed by atoms with E-state index in [0.29, 0.717) is 0 Å². The van der Waals surface area contributed by atoms with Gasteiger partial charge in [0.25, 0.3) is 0 Å². The lowest BCUT2D eigenvalue weighted by molar-refractivity contribution is 0.416. The third-order valence-electron chi connectivity index (χ3n) is 5.01. The van der Waals surface area contributed by atoms with Crippen molar-refractivity contribution < 1.29 is 4.74 Å². The van der Waals surface area contributed by atoms with Crippen LogP contribution in [0.25, 0.3) is 22.0 Å². The van der Waals surface area contributed by atoms with E-state index in [0.717, 1.165) is 23.6 Å². The average Bonchev–Trinajstić information content (AvgIpc) is 2.77. The maximum atomic E-state index is 5.51. The number of aromatic nitrogens is 2. The zero-order valence-corrected chi connectivity index (χ0v) is 16.1. The van der Waals surface area contributed by atoms with Crippen LogP contribution in [0.15, 0.2) is 79.3 Å². The standard InChI is InChI=1S/C24H23N3O/c1-17(20-9-5-7-19-6-3-4-8-21(19)20)27-15-18-10-11-24(28-2)22(14-18)23-16-25-12-13-26-23/h3-14,16-17,27H,15H2,1-2H3/t17-/m1/s1. The summed E-state index contributed by atoms with van der Waals surface area (Å²) in [6, 6.07) is 21.4. The van der Waals surface area contributed by atoms with E-state index in [1.807, 2.05) is 6.07 Å². The van der Waals surface area contributed by atoms with Gasteiger partial charge in [0, 0.05) is 30.5 Å². The quantitative estimate of drug-likeness (QED) is 0.510. The molecule has 0 aliphatic rings. The summed E-state index contributed by atoms with van der Waals surface area (Å²) in [5.41, 5.74) is 4.24. The highest BCUT2D eigenvalue weighted by molar-refractivity contribution is 5.86. The Morgan fingerprint density at radius 3 is 2.68 bits per heavy atom. The highest BCUT2D eigenvalue weighted by Crippen LogP contribution is 2.29. The summed E-state index contributed by atoms with van der Waals surface area (Å²) < 4.78 is 5.51. The summed E-state index contributed by atoms with van der Waals surface area (Å²) in [6.45, 7) is 2.95. The van der Waals surface area contributed by atoms with Crippen molar-refractivity contribution >= 4 is 10.8 Å². The second kappa shape index (κ2) is 8.19. The lowest BCUT2D eigenvalue weighted by Crippen LogP contribution is -2.18. The predicted octanol–water partition coefficient (Wildman–Crippen LogP) is 5.16. The molecule has 0 unspecified atom stereocenters. The Morgan fingerprint density at radius 1 is 1.00 bits per heavy atom. The first-order chi connectivity index (χ1) is 13.8. The smallest absolute Gasteiger partial charge is 0.128 e. The molecule has 0 aliphatic heterocycles. The summed E-state index contributed by atoms with van der Waals surface area (Å²) in [7, 11) is 1.68. The first kappa shape index (κ1) is 18.1. The molecule has 0 aliphatic carbocycles. The molecular weight excluding hydrogens is 346 g/mol. The minimum absolute atomic E-state index is 0.230. The van der Waals surface area contributed by atoms with Crippen LogP contribution in [0.1, 0.15) is 24.1 Å². The molecular formula is C24H23N3O. The highest BCUT2D eigenvalue weighted by atomic mass is 16.5. The molecule has 3 aromatic carbocycles. The molecule has 1 aromatic heterocycles. The Balaban J connectivity index is 1.56. The Kier molecular flexibility index (Phi) is 5.31. The van der Waals surface area contributed by atoms with Gasteiger partial charge in [0.2, 0.25) is 0 Å². The number of hydrogen-bond acceptors (Lipinski definition) is 4. The van der Waals surface area contributed by atoms with Crippen molar-refractivity contribution in [1.29, 1.82) is 0 Å². The van der Waals surface area contributed by atoms with Gasteiger partial charge in [-0.05, 0) is 41.0 Å². The van der Waals surface area contributed by atoms with Crippen molar-refractivity contribution in [2.75, 3.05) is 7.11 Å². The second-order valence-corrected chi connectivity index (χ2v) is 6.80. The summed E-state index contributed by atoms with van der Waals surface area (Å²) in [5.74, 6) is 0.798. The van der Waals surface area contributed by atoms with Gasteiger partial charge in [-0.3, -0.25) is 9.97 Å². The Labute approximate surface area is 165 Å². The monoisotopic (exact) mass is 369 g/mol. The lowest BCUT2D eigenvalue weighted by Gasteiger charge is -2.17. The number of rotatable bonds is 6. The Morgan fingerprint density at radius 2 is 1.86 bits per heavy atom. The molecule has 0 spiro atoms. The van der Waals surface area contributed by atoms with Gasteiger partial charge in [-0.15, -0.1) is 0 Å². The Bertz CT molecular complexity index is 1070. The maximum Gasteiger partial charge on any atom is 0.128 e. The number of nitrogens with one attached hydrogen (secondary N) is 1. The predicted molar refractivity (Wildman–Crippen MR) is 113 cm³/mol. The molecule has 0 fully saturated rings. The molecule has 1 atom stereocenters. The minimum Gasteiger partial charge on any atom is -0.496 e. The van der Waals surface area contributed by atoms with Crippen LogP contribution in [0, 0.1) is 0 Å². The first-order valence-corrected chi connectivity index (χ1v) is 9.40. The van der Waals surface area contributed by atoms with Crippen LogP contribution in [-0.2, 0) is 6.54 Å². The maximum absolute atomic E-state index is 5.51. The first-order valence-electron chi connectivity index (χ1n) is 9.40. The van der Waals surface area contributed by atoms with E-state index >= 15 is 0 Å². The molecule has 1 N–H and O–H groups in total. The number of benzene rings is 3. The third kappa shape index (κ3) is 3.73. The van der Waals surface area contributed by atoms with E-state index in [-0.39, 0.29) is 6.04 Å². The molecule has 0 amide bonds. The number of hydrogen-bond donors (Lipinski definition) is 1. The van der Waals surface area contributed by atoms with Crippen molar-refractivity contribution in [2.24, 2.45) is 0 Å². The van der Waals surface area contributed by atoms with E-state index in [1.54, 1.807) is 25.7 Å². The molecule has 28 heavy (non-hydrogen) atoms. The zero-order chi connectivity index (χ0) is 19.3. The van der Waals surface area contributed by atoms with Crippen molar-refractivity contribution in [3.05, 3.63) is 90.4 Å². The van der Waals surface area contributed by atoms with Crippen molar-refractivity contribution in [1.82, 2.24) is 15.3 Å².